The van der Waals surface area contributed by atoms with Crippen LogP contribution in [-0.4, -0.2) is 12.3 Å². The van der Waals surface area contributed by atoms with Crippen molar-refractivity contribution in [3.05, 3.63) is 28.8 Å². The molecule has 0 aromatic heterocycles. The fourth-order valence-corrected chi connectivity index (χ4v) is 2.86. The highest BCUT2D eigenvalue weighted by Gasteiger charge is 2.03. The number of rotatable bonds is 8. The second kappa shape index (κ2) is 8.84. The monoisotopic (exact) mass is 271 g/mol. The van der Waals surface area contributed by atoms with Crippen LogP contribution < -0.4 is 5.32 Å². The molecule has 0 aliphatic rings. The van der Waals surface area contributed by atoms with E-state index in [0.717, 1.165) is 18.1 Å². The third kappa shape index (κ3) is 5.80. The van der Waals surface area contributed by atoms with Crippen LogP contribution in [0.3, 0.4) is 0 Å². The SMILES string of the molecule is CCCCCSc1ccc(Cl)cc1CNCC. The minimum absolute atomic E-state index is 0.829. The van der Waals surface area contributed by atoms with Gasteiger partial charge in [-0.05, 0) is 42.5 Å². The maximum atomic E-state index is 6.04. The number of unbranched alkanes of at least 4 members (excludes halogenated alkanes) is 2. The van der Waals surface area contributed by atoms with Crippen molar-refractivity contribution in [3.8, 4) is 0 Å². The molecule has 0 bridgehead atoms. The fourth-order valence-electron chi connectivity index (χ4n) is 1.62. The molecule has 0 unspecified atom stereocenters. The lowest BCUT2D eigenvalue weighted by Gasteiger charge is -2.10. The molecular formula is C14H22ClNS. The molecule has 3 heteroatoms. The number of hydrogen-bond acceptors (Lipinski definition) is 2. The maximum Gasteiger partial charge on any atom is 0.0410 e. The Balaban J connectivity index is 2.55. The van der Waals surface area contributed by atoms with E-state index in [-0.39, 0.29) is 0 Å². The molecule has 1 aromatic rings. The number of thioether (sulfide) groups is 1. The molecule has 1 N–H and O–H groups in total. The van der Waals surface area contributed by atoms with E-state index in [1.54, 1.807) is 0 Å². The molecule has 0 fully saturated rings. The summed E-state index contributed by atoms with van der Waals surface area (Å²) in [6, 6.07) is 6.21. The van der Waals surface area contributed by atoms with Crippen LogP contribution in [0.2, 0.25) is 5.02 Å². The van der Waals surface area contributed by atoms with Gasteiger partial charge in [-0.15, -0.1) is 11.8 Å². The van der Waals surface area contributed by atoms with Crippen LogP contribution >= 0.6 is 23.4 Å². The lowest BCUT2D eigenvalue weighted by molar-refractivity contribution is 0.717. The number of halogens is 1. The normalized spacial score (nSPS) is 10.8. The van der Waals surface area contributed by atoms with E-state index in [1.165, 1.54) is 35.5 Å². The molecular weight excluding hydrogens is 250 g/mol. The first-order valence-corrected chi connectivity index (χ1v) is 7.76. The standard InChI is InChI=1S/C14H22ClNS/c1-3-5-6-9-17-14-8-7-13(15)10-12(14)11-16-4-2/h7-8,10,16H,3-6,9,11H2,1-2H3. The minimum Gasteiger partial charge on any atom is -0.313 e. The maximum absolute atomic E-state index is 6.04. The lowest BCUT2D eigenvalue weighted by Crippen LogP contribution is -2.12. The molecule has 0 aliphatic heterocycles. The van der Waals surface area contributed by atoms with Gasteiger partial charge < -0.3 is 5.32 Å². The van der Waals surface area contributed by atoms with Gasteiger partial charge in [-0.25, -0.2) is 0 Å². The summed E-state index contributed by atoms with van der Waals surface area (Å²) in [7, 11) is 0. The molecule has 0 amide bonds. The molecule has 0 atom stereocenters. The molecule has 0 heterocycles. The summed E-state index contributed by atoms with van der Waals surface area (Å²) >= 11 is 7.99. The molecule has 0 radical (unpaired) electrons. The zero-order valence-electron chi connectivity index (χ0n) is 10.8. The quantitative estimate of drug-likeness (QED) is 0.542. The van der Waals surface area contributed by atoms with Gasteiger partial charge in [0.2, 0.25) is 0 Å². The predicted molar refractivity (Wildman–Crippen MR) is 79.1 cm³/mol. The molecule has 1 aromatic carbocycles. The van der Waals surface area contributed by atoms with E-state index >= 15 is 0 Å². The Hall–Kier alpha value is -0.180. The summed E-state index contributed by atoms with van der Waals surface area (Å²) in [6.45, 7) is 6.27. The highest BCUT2D eigenvalue weighted by molar-refractivity contribution is 7.99. The summed E-state index contributed by atoms with van der Waals surface area (Å²) < 4.78 is 0. The van der Waals surface area contributed by atoms with Gasteiger partial charge in [0.15, 0.2) is 0 Å². The van der Waals surface area contributed by atoms with Crippen molar-refractivity contribution in [2.24, 2.45) is 0 Å². The molecule has 0 saturated carbocycles. The van der Waals surface area contributed by atoms with Crippen LogP contribution in [-0.2, 0) is 6.54 Å². The zero-order chi connectivity index (χ0) is 12.5. The van der Waals surface area contributed by atoms with Crippen LogP contribution in [0.4, 0.5) is 0 Å². The first-order chi connectivity index (χ1) is 8.27. The molecule has 17 heavy (non-hydrogen) atoms. The van der Waals surface area contributed by atoms with E-state index < -0.39 is 0 Å². The summed E-state index contributed by atoms with van der Waals surface area (Å²) in [5, 5.41) is 4.19. The fraction of sp³-hybridized carbons (Fsp3) is 0.571. The Morgan fingerprint density at radius 1 is 1.24 bits per heavy atom. The number of nitrogens with one attached hydrogen (secondary N) is 1. The van der Waals surface area contributed by atoms with Crippen molar-refractivity contribution >= 4 is 23.4 Å². The van der Waals surface area contributed by atoms with E-state index in [4.69, 9.17) is 11.6 Å². The highest BCUT2D eigenvalue weighted by atomic mass is 35.5. The van der Waals surface area contributed by atoms with Gasteiger partial charge >= 0.3 is 0 Å². The van der Waals surface area contributed by atoms with Gasteiger partial charge in [0.05, 0.1) is 0 Å². The molecule has 0 aliphatic carbocycles. The summed E-state index contributed by atoms with van der Waals surface area (Å²) in [6.07, 6.45) is 3.90. The van der Waals surface area contributed by atoms with Gasteiger partial charge in [0.25, 0.3) is 0 Å². The lowest BCUT2D eigenvalue weighted by atomic mass is 10.2. The molecule has 1 rings (SSSR count). The topological polar surface area (TPSA) is 12.0 Å². The van der Waals surface area contributed by atoms with E-state index in [9.17, 15) is 0 Å². The van der Waals surface area contributed by atoms with Gasteiger partial charge in [-0.1, -0.05) is 38.3 Å². The van der Waals surface area contributed by atoms with Crippen LogP contribution in [0.15, 0.2) is 23.1 Å². The van der Waals surface area contributed by atoms with E-state index in [2.05, 4.69) is 31.3 Å². The Labute approximate surface area is 114 Å². The number of benzene rings is 1. The Morgan fingerprint density at radius 3 is 2.76 bits per heavy atom. The third-order valence-corrected chi connectivity index (χ3v) is 4.03. The van der Waals surface area contributed by atoms with Crippen LogP contribution in [0.5, 0.6) is 0 Å². The van der Waals surface area contributed by atoms with Crippen molar-refractivity contribution in [2.75, 3.05) is 12.3 Å². The average Bonchev–Trinajstić information content (AvgIpc) is 2.34. The third-order valence-electron chi connectivity index (χ3n) is 2.59. The zero-order valence-corrected chi connectivity index (χ0v) is 12.3. The Bertz CT molecular complexity index is 328. The largest absolute Gasteiger partial charge is 0.313 e. The predicted octanol–water partition coefficient (Wildman–Crippen LogP) is 4.73. The van der Waals surface area contributed by atoms with E-state index in [1.807, 2.05) is 17.8 Å². The van der Waals surface area contributed by atoms with Crippen molar-refractivity contribution in [3.63, 3.8) is 0 Å². The molecule has 1 nitrogen and oxygen atoms in total. The summed E-state index contributed by atoms with van der Waals surface area (Å²) in [5.74, 6) is 1.20. The summed E-state index contributed by atoms with van der Waals surface area (Å²) in [5.41, 5.74) is 1.32. The van der Waals surface area contributed by atoms with Crippen LogP contribution in [0.1, 0.15) is 38.7 Å². The minimum atomic E-state index is 0.829. The smallest absolute Gasteiger partial charge is 0.0410 e. The summed E-state index contributed by atoms with van der Waals surface area (Å²) in [4.78, 5) is 1.37. The second-order valence-electron chi connectivity index (χ2n) is 4.09. The van der Waals surface area contributed by atoms with Crippen molar-refractivity contribution in [2.45, 2.75) is 44.6 Å². The Morgan fingerprint density at radius 2 is 2.06 bits per heavy atom. The highest BCUT2D eigenvalue weighted by Crippen LogP contribution is 2.26. The van der Waals surface area contributed by atoms with Crippen LogP contribution in [0.25, 0.3) is 0 Å². The molecule has 0 spiro atoms. The van der Waals surface area contributed by atoms with Gasteiger partial charge in [-0.3, -0.25) is 0 Å². The van der Waals surface area contributed by atoms with Gasteiger partial charge in [-0.2, -0.15) is 0 Å². The van der Waals surface area contributed by atoms with E-state index in [0.29, 0.717) is 0 Å². The second-order valence-corrected chi connectivity index (χ2v) is 5.66. The van der Waals surface area contributed by atoms with Gasteiger partial charge in [0, 0.05) is 16.5 Å². The average molecular weight is 272 g/mol. The first-order valence-electron chi connectivity index (χ1n) is 6.39. The van der Waals surface area contributed by atoms with Crippen molar-refractivity contribution in [1.82, 2.24) is 5.32 Å². The van der Waals surface area contributed by atoms with Crippen molar-refractivity contribution < 1.29 is 0 Å². The van der Waals surface area contributed by atoms with Crippen molar-refractivity contribution in [1.29, 1.82) is 0 Å². The molecule has 96 valence electrons. The van der Waals surface area contributed by atoms with Gasteiger partial charge in [0.1, 0.15) is 0 Å². The van der Waals surface area contributed by atoms with Crippen LogP contribution in [0, 0.1) is 0 Å². The Kier molecular flexibility index (Phi) is 7.74. The number of hydrogen-bond donors (Lipinski definition) is 1. The first kappa shape index (κ1) is 14.9. The molecule has 0 saturated heterocycles.